The fourth-order valence-electron chi connectivity index (χ4n) is 3.94. The highest BCUT2D eigenvalue weighted by Gasteiger charge is 2.24. The Morgan fingerprint density at radius 2 is 2.10 bits per heavy atom. The van der Waals surface area contributed by atoms with Crippen molar-refractivity contribution in [1.82, 2.24) is 34.8 Å². The number of piperidine rings is 1. The van der Waals surface area contributed by atoms with Gasteiger partial charge in [0, 0.05) is 44.2 Å². The van der Waals surface area contributed by atoms with Crippen LogP contribution >= 0.6 is 0 Å². The minimum Gasteiger partial charge on any atom is -0.338 e. The topological polar surface area (TPSA) is 92.9 Å². The summed E-state index contributed by atoms with van der Waals surface area (Å²) in [4.78, 5) is 18.1. The third-order valence-corrected chi connectivity index (χ3v) is 5.57. The molecule has 31 heavy (non-hydrogen) atoms. The largest absolute Gasteiger partial charge is 0.338 e. The zero-order chi connectivity index (χ0) is 21.8. The van der Waals surface area contributed by atoms with Gasteiger partial charge in [-0.3, -0.25) is 14.9 Å². The van der Waals surface area contributed by atoms with E-state index in [2.05, 4.69) is 30.7 Å². The molecular weight excluding hydrogens is 399 g/mol. The second-order valence-corrected chi connectivity index (χ2v) is 7.68. The number of carbonyl (C=O) groups is 1. The molecule has 1 aliphatic rings. The predicted octanol–water partition coefficient (Wildman–Crippen LogP) is 2.66. The van der Waals surface area contributed by atoms with Crippen LogP contribution in [0, 0.1) is 5.95 Å². The fourth-order valence-corrected chi connectivity index (χ4v) is 3.94. The molecule has 0 atom stereocenters. The molecule has 10 heteroatoms. The summed E-state index contributed by atoms with van der Waals surface area (Å²) < 4.78 is 18.0. The average Bonchev–Trinajstić information content (AvgIpc) is 3.39. The standard InChI is InChI=1S/C21H27FN8O/c1-3-23-21(31)25-18-13-16(28(2)27-18)14-29-11-7-15(8-12-29)17-5-6-19(26-20(17)22)30-10-4-9-24-30/h4-6,9-10,13,15H,3,7-8,11-12,14H2,1-2H3,(H2,23,25,27,31). The molecule has 0 radical (unpaired) electrons. The number of hydrogen-bond donors (Lipinski definition) is 2. The van der Waals surface area contributed by atoms with E-state index in [9.17, 15) is 9.18 Å². The first kappa shape index (κ1) is 21.0. The van der Waals surface area contributed by atoms with Gasteiger partial charge in [0.05, 0.1) is 5.69 Å². The number of anilines is 1. The number of amides is 2. The number of halogens is 1. The van der Waals surface area contributed by atoms with Gasteiger partial charge < -0.3 is 5.32 Å². The lowest BCUT2D eigenvalue weighted by Gasteiger charge is -2.32. The van der Waals surface area contributed by atoms with Crippen LogP contribution in [0.25, 0.3) is 5.82 Å². The number of carbonyl (C=O) groups excluding carboxylic acids is 1. The first-order chi connectivity index (χ1) is 15.0. The minimum absolute atomic E-state index is 0.150. The Kier molecular flexibility index (Phi) is 6.26. The molecule has 3 aromatic heterocycles. The van der Waals surface area contributed by atoms with Crippen LogP contribution < -0.4 is 10.6 Å². The van der Waals surface area contributed by atoms with Crippen molar-refractivity contribution in [2.24, 2.45) is 7.05 Å². The van der Waals surface area contributed by atoms with Crippen molar-refractivity contribution >= 4 is 11.8 Å². The zero-order valence-corrected chi connectivity index (χ0v) is 17.8. The van der Waals surface area contributed by atoms with Gasteiger partial charge in [0.15, 0.2) is 11.6 Å². The summed E-state index contributed by atoms with van der Waals surface area (Å²) >= 11 is 0. The summed E-state index contributed by atoms with van der Waals surface area (Å²) in [6.07, 6.45) is 5.11. The fraction of sp³-hybridized carbons (Fsp3) is 0.429. The van der Waals surface area contributed by atoms with Crippen molar-refractivity contribution in [3.05, 3.63) is 53.9 Å². The predicted molar refractivity (Wildman–Crippen MR) is 114 cm³/mol. The number of rotatable bonds is 6. The first-order valence-corrected chi connectivity index (χ1v) is 10.5. The van der Waals surface area contributed by atoms with Gasteiger partial charge in [-0.15, -0.1) is 0 Å². The molecule has 2 N–H and O–H groups in total. The van der Waals surface area contributed by atoms with Crippen molar-refractivity contribution in [2.75, 3.05) is 25.0 Å². The van der Waals surface area contributed by atoms with Crippen LogP contribution in [-0.2, 0) is 13.6 Å². The molecule has 0 aliphatic carbocycles. The molecule has 4 heterocycles. The molecule has 0 bridgehead atoms. The maximum absolute atomic E-state index is 14.7. The van der Waals surface area contributed by atoms with Gasteiger partial charge in [0.1, 0.15) is 0 Å². The molecule has 164 valence electrons. The average molecular weight is 427 g/mol. The van der Waals surface area contributed by atoms with Gasteiger partial charge in [-0.25, -0.2) is 9.48 Å². The zero-order valence-electron chi connectivity index (χ0n) is 17.8. The third-order valence-electron chi connectivity index (χ3n) is 5.57. The van der Waals surface area contributed by atoms with E-state index >= 15 is 0 Å². The summed E-state index contributed by atoms with van der Waals surface area (Å²) in [7, 11) is 1.87. The van der Waals surface area contributed by atoms with E-state index in [4.69, 9.17) is 0 Å². The monoisotopic (exact) mass is 426 g/mol. The quantitative estimate of drug-likeness (QED) is 0.591. The molecule has 1 fully saturated rings. The number of likely N-dealkylation sites (tertiary alicyclic amines) is 1. The third kappa shape index (κ3) is 4.91. The Bertz CT molecular complexity index is 1020. The van der Waals surface area contributed by atoms with E-state index in [1.807, 2.05) is 32.2 Å². The SMILES string of the molecule is CCNC(=O)Nc1cc(CN2CCC(c3ccc(-n4cccn4)nc3F)CC2)n(C)n1. The number of urea groups is 1. The van der Waals surface area contributed by atoms with Crippen LogP contribution in [-0.4, -0.2) is 55.1 Å². The van der Waals surface area contributed by atoms with E-state index in [0.29, 0.717) is 23.7 Å². The maximum atomic E-state index is 14.7. The van der Waals surface area contributed by atoms with Gasteiger partial charge >= 0.3 is 6.03 Å². The highest BCUT2D eigenvalue weighted by molar-refractivity contribution is 5.88. The van der Waals surface area contributed by atoms with Crippen molar-refractivity contribution in [2.45, 2.75) is 32.2 Å². The van der Waals surface area contributed by atoms with Gasteiger partial charge in [0.2, 0.25) is 5.95 Å². The van der Waals surface area contributed by atoms with Crippen molar-refractivity contribution < 1.29 is 9.18 Å². The molecule has 0 aromatic carbocycles. The lowest BCUT2D eigenvalue weighted by atomic mass is 9.90. The summed E-state index contributed by atoms with van der Waals surface area (Å²) in [5.74, 6) is 0.747. The molecule has 4 rings (SSSR count). The number of nitrogens with zero attached hydrogens (tertiary/aromatic N) is 6. The molecule has 0 unspecified atom stereocenters. The molecule has 1 saturated heterocycles. The Balaban J connectivity index is 1.34. The van der Waals surface area contributed by atoms with E-state index in [1.54, 1.807) is 27.8 Å². The van der Waals surface area contributed by atoms with Crippen molar-refractivity contribution in [3.63, 3.8) is 0 Å². The molecule has 0 saturated carbocycles. The second-order valence-electron chi connectivity index (χ2n) is 7.68. The molecule has 0 spiro atoms. The molecule has 9 nitrogen and oxygen atoms in total. The van der Waals surface area contributed by atoms with Crippen molar-refractivity contribution in [3.8, 4) is 5.82 Å². The van der Waals surface area contributed by atoms with Crippen LogP contribution in [0.4, 0.5) is 15.0 Å². The van der Waals surface area contributed by atoms with Gasteiger partial charge in [-0.2, -0.15) is 19.6 Å². The van der Waals surface area contributed by atoms with E-state index in [1.165, 1.54) is 0 Å². The highest BCUT2D eigenvalue weighted by Crippen LogP contribution is 2.30. The first-order valence-electron chi connectivity index (χ1n) is 10.5. The minimum atomic E-state index is -0.417. The number of nitrogens with one attached hydrogen (secondary N) is 2. The van der Waals surface area contributed by atoms with E-state index < -0.39 is 5.95 Å². The summed E-state index contributed by atoms with van der Waals surface area (Å²) in [5, 5.41) is 13.9. The summed E-state index contributed by atoms with van der Waals surface area (Å²) in [6.45, 7) is 4.86. The van der Waals surface area contributed by atoms with Crippen LogP contribution in [0.5, 0.6) is 0 Å². The Hall–Kier alpha value is -3.27. The van der Waals surface area contributed by atoms with Crippen LogP contribution in [0.15, 0.2) is 36.7 Å². The second kappa shape index (κ2) is 9.25. The summed E-state index contributed by atoms with van der Waals surface area (Å²) in [5.41, 5.74) is 1.69. The van der Waals surface area contributed by atoms with E-state index in [-0.39, 0.29) is 11.9 Å². The Morgan fingerprint density at radius 1 is 1.29 bits per heavy atom. The normalized spacial score (nSPS) is 15.2. The Labute approximate surface area is 180 Å². The Morgan fingerprint density at radius 3 is 2.77 bits per heavy atom. The van der Waals surface area contributed by atoms with Gasteiger partial charge in [-0.05, 0) is 50.9 Å². The van der Waals surface area contributed by atoms with Crippen molar-refractivity contribution in [1.29, 1.82) is 0 Å². The molecule has 1 aliphatic heterocycles. The lowest BCUT2D eigenvalue weighted by Crippen LogP contribution is -2.33. The van der Waals surface area contributed by atoms with Crippen LogP contribution in [0.2, 0.25) is 0 Å². The highest BCUT2D eigenvalue weighted by atomic mass is 19.1. The number of aromatic nitrogens is 5. The number of hydrogen-bond acceptors (Lipinski definition) is 5. The molecule has 3 aromatic rings. The molecule has 2 amide bonds. The maximum Gasteiger partial charge on any atom is 0.320 e. The van der Waals surface area contributed by atoms with E-state index in [0.717, 1.165) is 38.2 Å². The smallest absolute Gasteiger partial charge is 0.320 e. The van der Waals surface area contributed by atoms with Gasteiger partial charge in [0.25, 0.3) is 0 Å². The van der Waals surface area contributed by atoms with Crippen LogP contribution in [0.3, 0.4) is 0 Å². The number of pyridine rings is 1. The summed E-state index contributed by atoms with van der Waals surface area (Å²) in [6, 6.07) is 7.06. The lowest BCUT2D eigenvalue weighted by molar-refractivity contribution is 0.198. The number of aryl methyl sites for hydroxylation is 1. The van der Waals surface area contributed by atoms with Crippen LogP contribution in [0.1, 0.15) is 36.9 Å². The van der Waals surface area contributed by atoms with Gasteiger partial charge in [-0.1, -0.05) is 6.07 Å². The molecular formula is C21H27FN8O.